The molecule has 0 bridgehead atoms. The lowest BCUT2D eigenvalue weighted by Crippen LogP contribution is -2.36. The smallest absolute Gasteiger partial charge is 0.163 e. The molecule has 1 aliphatic heterocycles. The molecule has 0 spiro atoms. The van der Waals surface area contributed by atoms with E-state index in [1.807, 2.05) is 0 Å². The van der Waals surface area contributed by atoms with Crippen LogP contribution in [0.1, 0.15) is 32.1 Å². The Bertz CT molecular complexity index is 276. The third-order valence-corrected chi connectivity index (χ3v) is 3.36. The lowest BCUT2D eigenvalue weighted by molar-refractivity contribution is -0.139. The first-order valence-electron chi connectivity index (χ1n) is 5.63. The second-order valence-electron chi connectivity index (χ2n) is 4.31. The predicted octanol–water partition coefficient (Wildman–Crippen LogP) is 2.39. The van der Waals surface area contributed by atoms with Crippen molar-refractivity contribution in [1.29, 1.82) is 5.26 Å². The first-order valence-corrected chi connectivity index (χ1v) is 5.63. The summed E-state index contributed by atoms with van der Waals surface area (Å²) in [7, 11) is 0. The van der Waals surface area contributed by atoms with Crippen LogP contribution < -0.4 is 0 Å². The fourth-order valence-electron chi connectivity index (χ4n) is 2.48. The molecular formula is C12H17NO2. The summed E-state index contributed by atoms with van der Waals surface area (Å²) in [6, 6.07) is 2.23. The minimum atomic E-state index is -0.0872. The number of rotatable bonds is 3. The molecule has 15 heavy (non-hydrogen) atoms. The van der Waals surface area contributed by atoms with Crippen molar-refractivity contribution in [2.24, 2.45) is 5.41 Å². The van der Waals surface area contributed by atoms with Gasteiger partial charge in [-0.15, -0.1) is 0 Å². The van der Waals surface area contributed by atoms with Crippen molar-refractivity contribution in [2.75, 3.05) is 13.2 Å². The fourth-order valence-corrected chi connectivity index (χ4v) is 2.48. The van der Waals surface area contributed by atoms with E-state index < -0.39 is 0 Å². The number of hydrogen-bond acceptors (Lipinski definition) is 3. The van der Waals surface area contributed by atoms with Crippen molar-refractivity contribution < 1.29 is 9.47 Å². The van der Waals surface area contributed by atoms with Crippen LogP contribution in [0.4, 0.5) is 0 Å². The van der Waals surface area contributed by atoms with E-state index in [-0.39, 0.29) is 11.7 Å². The Morgan fingerprint density at radius 2 is 2.13 bits per heavy atom. The monoisotopic (exact) mass is 207 g/mol. The summed E-state index contributed by atoms with van der Waals surface area (Å²) in [6.07, 6.45) is 8.95. The van der Waals surface area contributed by atoms with E-state index in [4.69, 9.17) is 14.7 Å². The van der Waals surface area contributed by atoms with E-state index in [1.165, 1.54) is 0 Å². The molecule has 2 aliphatic rings. The molecular weight excluding hydrogens is 190 g/mol. The molecule has 1 unspecified atom stereocenters. The number of allylic oxidation sites excluding steroid dienone is 2. The van der Waals surface area contributed by atoms with E-state index in [1.54, 1.807) is 0 Å². The Kier molecular flexibility index (Phi) is 3.40. The first kappa shape index (κ1) is 10.7. The molecule has 0 aromatic rings. The number of hydrogen-bond donors (Lipinski definition) is 0. The standard InChI is InChI=1S/C12H17NO2/c13-8-4-7-12(5-2-1-3-6-12)11-14-9-10-15-11/h1-2,11H,3-7,9-10H2. The quantitative estimate of drug-likeness (QED) is 0.667. The summed E-state index contributed by atoms with van der Waals surface area (Å²) in [5.41, 5.74) is 0.0565. The zero-order valence-electron chi connectivity index (χ0n) is 8.95. The molecule has 82 valence electrons. The Labute approximate surface area is 90.7 Å². The highest BCUT2D eigenvalue weighted by Gasteiger charge is 2.41. The third-order valence-electron chi connectivity index (χ3n) is 3.36. The Morgan fingerprint density at radius 3 is 2.73 bits per heavy atom. The molecule has 1 atom stereocenters. The van der Waals surface area contributed by atoms with Gasteiger partial charge in [0, 0.05) is 11.8 Å². The summed E-state index contributed by atoms with van der Waals surface area (Å²) in [6.45, 7) is 1.39. The van der Waals surface area contributed by atoms with E-state index in [2.05, 4.69) is 18.2 Å². The average molecular weight is 207 g/mol. The van der Waals surface area contributed by atoms with Crippen molar-refractivity contribution in [1.82, 2.24) is 0 Å². The molecule has 2 rings (SSSR count). The maximum absolute atomic E-state index is 8.70. The van der Waals surface area contributed by atoms with Crippen molar-refractivity contribution in [3.63, 3.8) is 0 Å². The molecule has 0 saturated carbocycles. The lowest BCUT2D eigenvalue weighted by atomic mass is 9.73. The molecule has 0 radical (unpaired) electrons. The highest BCUT2D eigenvalue weighted by molar-refractivity contribution is 5.01. The first-order chi connectivity index (χ1) is 7.37. The van der Waals surface area contributed by atoms with Crippen molar-refractivity contribution in [3.05, 3.63) is 12.2 Å². The molecule has 1 heterocycles. The van der Waals surface area contributed by atoms with Gasteiger partial charge in [-0.25, -0.2) is 0 Å². The Hall–Kier alpha value is -0.850. The van der Waals surface area contributed by atoms with Gasteiger partial charge in [-0.1, -0.05) is 12.2 Å². The number of nitriles is 1. The molecule has 1 aliphatic carbocycles. The Balaban J connectivity index is 2.07. The van der Waals surface area contributed by atoms with Gasteiger partial charge in [-0.05, 0) is 25.7 Å². The van der Waals surface area contributed by atoms with Crippen LogP contribution >= 0.6 is 0 Å². The summed E-state index contributed by atoms with van der Waals surface area (Å²) in [5.74, 6) is 0. The maximum Gasteiger partial charge on any atom is 0.163 e. The molecule has 3 nitrogen and oxygen atoms in total. The minimum Gasteiger partial charge on any atom is -0.350 e. The van der Waals surface area contributed by atoms with E-state index >= 15 is 0 Å². The van der Waals surface area contributed by atoms with Crippen LogP contribution in [0.25, 0.3) is 0 Å². The van der Waals surface area contributed by atoms with Crippen molar-refractivity contribution in [2.45, 2.75) is 38.4 Å². The lowest BCUT2D eigenvalue weighted by Gasteiger charge is -2.38. The fraction of sp³-hybridized carbons (Fsp3) is 0.750. The zero-order chi connectivity index (χ0) is 10.6. The predicted molar refractivity (Wildman–Crippen MR) is 56.0 cm³/mol. The molecule has 0 aromatic heterocycles. The van der Waals surface area contributed by atoms with Crippen molar-refractivity contribution in [3.8, 4) is 6.07 Å². The van der Waals surface area contributed by atoms with Crippen LogP contribution in [0.2, 0.25) is 0 Å². The van der Waals surface area contributed by atoms with Gasteiger partial charge in [0.05, 0.1) is 19.3 Å². The molecule has 0 amide bonds. The molecule has 0 aromatic carbocycles. The summed E-state index contributed by atoms with van der Waals surface area (Å²) in [4.78, 5) is 0. The normalized spacial score (nSPS) is 31.7. The van der Waals surface area contributed by atoms with Gasteiger partial charge in [-0.3, -0.25) is 0 Å². The van der Waals surface area contributed by atoms with Gasteiger partial charge >= 0.3 is 0 Å². The second kappa shape index (κ2) is 4.78. The van der Waals surface area contributed by atoms with E-state index in [9.17, 15) is 0 Å². The summed E-state index contributed by atoms with van der Waals surface area (Å²) < 4.78 is 11.3. The maximum atomic E-state index is 8.70. The topological polar surface area (TPSA) is 42.2 Å². The summed E-state index contributed by atoms with van der Waals surface area (Å²) >= 11 is 0. The van der Waals surface area contributed by atoms with Crippen LogP contribution in [0.5, 0.6) is 0 Å². The zero-order valence-corrected chi connectivity index (χ0v) is 8.95. The molecule has 1 fully saturated rings. The van der Waals surface area contributed by atoms with Gasteiger partial charge in [0.25, 0.3) is 0 Å². The van der Waals surface area contributed by atoms with Gasteiger partial charge in [0.2, 0.25) is 0 Å². The van der Waals surface area contributed by atoms with Crippen molar-refractivity contribution >= 4 is 0 Å². The second-order valence-corrected chi connectivity index (χ2v) is 4.31. The minimum absolute atomic E-state index is 0.0565. The van der Waals surface area contributed by atoms with Crippen LogP contribution in [0.3, 0.4) is 0 Å². The van der Waals surface area contributed by atoms with Crippen LogP contribution in [0, 0.1) is 16.7 Å². The molecule has 0 N–H and O–H groups in total. The molecule has 1 saturated heterocycles. The van der Waals surface area contributed by atoms with E-state index in [0.29, 0.717) is 19.6 Å². The number of nitrogens with zero attached hydrogens (tertiary/aromatic N) is 1. The third kappa shape index (κ3) is 2.22. The summed E-state index contributed by atoms with van der Waals surface area (Å²) in [5, 5.41) is 8.70. The van der Waals surface area contributed by atoms with Gasteiger partial charge in [-0.2, -0.15) is 5.26 Å². The van der Waals surface area contributed by atoms with Gasteiger partial charge in [0.15, 0.2) is 6.29 Å². The van der Waals surface area contributed by atoms with Crippen LogP contribution in [0.15, 0.2) is 12.2 Å². The number of ether oxygens (including phenoxy) is 2. The SMILES string of the molecule is N#CCCC1(C2OCCO2)CC=CCC1. The van der Waals surface area contributed by atoms with Crippen LogP contribution in [-0.2, 0) is 9.47 Å². The Morgan fingerprint density at radius 1 is 1.33 bits per heavy atom. The highest BCUT2D eigenvalue weighted by Crippen LogP contribution is 2.43. The largest absolute Gasteiger partial charge is 0.350 e. The van der Waals surface area contributed by atoms with Crippen LogP contribution in [-0.4, -0.2) is 19.5 Å². The molecule has 3 heteroatoms. The van der Waals surface area contributed by atoms with E-state index in [0.717, 1.165) is 25.7 Å². The van der Waals surface area contributed by atoms with Gasteiger partial charge < -0.3 is 9.47 Å². The van der Waals surface area contributed by atoms with Gasteiger partial charge in [0.1, 0.15) is 0 Å². The highest BCUT2D eigenvalue weighted by atomic mass is 16.7. The average Bonchev–Trinajstić information content (AvgIpc) is 2.82.